The molecular formula is C20H21N5O. The van der Waals surface area contributed by atoms with Gasteiger partial charge < -0.3 is 0 Å². The third kappa shape index (κ3) is 3.01. The molecule has 3 heterocycles. The summed E-state index contributed by atoms with van der Waals surface area (Å²) in [5.41, 5.74) is 2.70. The van der Waals surface area contributed by atoms with Crippen molar-refractivity contribution in [1.29, 1.82) is 0 Å². The van der Waals surface area contributed by atoms with Gasteiger partial charge in [-0.2, -0.15) is 0 Å². The molecule has 2 aliphatic rings. The van der Waals surface area contributed by atoms with Crippen molar-refractivity contribution >= 4 is 16.6 Å². The largest absolute Gasteiger partial charge is 0.298 e. The molecule has 1 saturated heterocycles. The summed E-state index contributed by atoms with van der Waals surface area (Å²) >= 11 is 0. The van der Waals surface area contributed by atoms with Crippen LogP contribution in [0.2, 0.25) is 0 Å². The number of fused-ring (bicyclic) bond motifs is 2. The summed E-state index contributed by atoms with van der Waals surface area (Å²) < 4.78 is 1.69. The van der Waals surface area contributed by atoms with Crippen LogP contribution in [0.1, 0.15) is 12.1 Å². The standard InChI is InChI=1S/C20H21N5O/c1-24-12-20(22-23-24)13-2-3-14-8-21-18(6-15(14)4-13)7-19(26)11-25-9-16-5-17(16)10-25/h2-4,6,8,12,16-17H,5,7,9-11H2,1H3. The Labute approximate surface area is 151 Å². The van der Waals surface area contributed by atoms with Crippen molar-refractivity contribution in [3.8, 4) is 11.3 Å². The van der Waals surface area contributed by atoms with E-state index in [1.54, 1.807) is 4.68 Å². The molecule has 1 aliphatic carbocycles. The third-order valence-electron chi connectivity index (χ3n) is 5.51. The second kappa shape index (κ2) is 5.99. The number of benzene rings is 1. The summed E-state index contributed by atoms with van der Waals surface area (Å²) in [6, 6.07) is 8.17. The van der Waals surface area contributed by atoms with E-state index in [1.165, 1.54) is 6.42 Å². The Morgan fingerprint density at radius 1 is 1.19 bits per heavy atom. The minimum Gasteiger partial charge on any atom is -0.298 e. The molecule has 2 fully saturated rings. The number of carbonyl (C=O) groups excluding carboxylic acids is 1. The molecule has 1 aromatic carbocycles. The number of likely N-dealkylation sites (tertiary alicyclic amines) is 1. The average molecular weight is 347 g/mol. The van der Waals surface area contributed by atoms with Gasteiger partial charge in [0.1, 0.15) is 5.69 Å². The van der Waals surface area contributed by atoms with Crippen LogP contribution >= 0.6 is 0 Å². The molecule has 2 atom stereocenters. The number of pyridine rings is 1. The normalized spacial score (nSPS) is 21.9. The van der Waals surface area contributed by atoms with E-state index in [2.05, 4.69) is 26.3 Å². The van der Waals surface area contributed by atoms with E-state index < -0.39 is 0 Å². The van der Waals surface area contributed by atoms with Gasteiger partial charge in [0.2, 0.25) is 0 Å². The summed E-state index contributed by atoms with van der Waals surface area (Å²) in [5, 5.41) is 10.3. The Kier molecular flexibility index (Phi) is 3.60. The van der Waals surface area contributed by atoms with Gasteiger partial charge in [-0.15, -0.1) is 5.10 Å². The predicted octanol–water partition coefficient (Wildman–Crippen LogP) is 2.09. The fraction of sp³-hybridized carbons (Fsp3) is 0.400. The smallest absolute Gasteiger partial charge is 0.152 e. The molecule has 6 nitrogen and oxygen atoms in total. The summed E-state index contributed by atoms with van der Waals surface area (Å²) in [4.78, 5) is 19.2. The van der Waals surface area contributed by atoms with E-state index >= 15 is 0 Å². The number of piperidine rings is 1. The van der Waals surface area contributed by atoms with Gasteiger partial charge in [0, 0.05) is 43.0 Å². The zero-order chi connectivity index (χ0) is 17.7. The Morgan fingerprint density at radius 3 is 2.81 bits per heavy atom. The summed E-state index contributed by atoms with van der Waals surface area (Å²) in [7, 11) is 1.86. The first-order chi connectivity index (χ1) is 12.6. The number of aromatic nitrogens is 4. The SMILES string of the molecule is Cn1cc(-c2ccc3cnc(CC(=O)CN4CC5CC5C4)cc3c2)nn1. The number of nitrogens with zero attached hydrogens (tertiary/aromatic N) is 5. The van der Waals surface area contributed by atoms with E-state index in [9.17, 15) is 4.79 Å². The molecule has 0 N–H and O–H groups in total. The van der Waals surface area contributed by atoms with Gasteiger partial charge in [-0.3, -0.25) is 19.4 Å². The summed E-state index contributed by atoms with van der Waals surface area (Å²) in [6.07, 6.45) is 5.51. The second-order valence-electron chi connectivity index (χ2n) is 7.68. The van der Waals surface area contributed by atoms with Crippen molar-refractivity contribution in [1.82, 2.24) is 24.9 Å². The number of hydrogen-bond donors (Lipinski definition) is 0. The first-order valence-electron chi connectivity index (χ1n) is 9.13. The molecule has 0 amide bonds. The van der Waals surface area contributed by atoms with Gasteiger partial charge in [0.15, 0.2) is 5.78 Å². The molecule has 1 aliphatic heterocycles. The number of aryl methyl sites for hydroxylation is 1. The van der Waals surface area contributed by atoms with Crippen molar-refractivity contribution in [2.24, 2.45) is 18.9 Å². The lowest BCUT2D eigenvalue weighted by molar-refractivity contribution is -0.119. The Morgan fingerprint density at radius 2 is 2.04 bits per heavy atom. The maximum absolute atomic E-state index is 12.4. The number of rotatable bonds is 5. The van der Waals surface area contributed by atoms with E-state index in [0.29, 0.717) is 13.0 Å². The second-order valence-corrected chi connectivity index (χ2v) is 7.68. The maximum Gasteiger partial charge on any atom is 0.152 e. The minimum atomic E-state index is 0.253. The van der Waals surface area contributed by atoms with E-state index in [-0.39, 0.29) is 5.78 Å². The van der Waals surface area contributed by atoms with Gasteiger partial charge in [0.25, 0.3) is 0 Å². The van der Waals surface area contributed by atoms with Crippen LogP contribution in [-0.2, 0) is 18.3 Å². The molecule has 1 saturated carbocycles. The fourth-order valence-corrected chi connectivity index (χ4v) is 4.05. The first kappa shape index (κ1) is 15.6. The minimum absolute atomic E-state index is 0.253. The van der Waals surface area contributed by atoms with Crippen molar-refractivity contribution in [2.45, 2.75) is 12.8 Å². The molecule has 3 aromatic rings. The highest BCUT2D eigenvalue weighted by atomic mass is 16.1. The highest BCUT2D eigenvalue weighted by Crippen LogP contribution is 2.44. The summed E-state index contributed by atoms with van der Waals surface area (Å²) in [6.45, 7) is 2.76. The molecule has 0 spiro atoms. The van der Waals surface area contributed by atoms with Gasteiger partial charge in [-0.05, 0) is 35.8 Å². The molecule has 2 unspecified atom stereocenters. The Balaban J connectivity index is 1.33. The number of Topliss-reactive ketones (excluding diaryl/α,β-unsaturated/α-hetero) is 1. The van der Waals surface area contributed by atoms with Gasteiger partial charge in [-0.1, -0.05) is 17.3 Å². The third-order valence-corrected chi connectivity index (χ3v) is 5.51. The zero-order valence-electron chi connectivity index (χ0n) is 14.8. The van der Waals surface area contributed by atoms with Crippen LogP contribution in [-0.4, -0.2) is 50.3 Å². The van der Waals surface area contributed by atoms with Gasteiger partial charge in [0.05, 0.1) is 19.2 Å². The van der Waals surface area contributed by atoms with E-state index in [1.807, 2.05) is 37.6 Å². The number of hydrogen-bond acceptors (Lipinski definition) is 5. The Bertz CT molecular complexity index is 985. The number of carbonyl (C=O) groups is 1. The predicted molar refractivity (Wildman–Crippen MR) is 98.5 cm³/mol. The zero-order valence-corrected chi connectivity index (χ0v) is 14.8. The number of ketones is 1. The van der Waals surface area contributed by atoms with Crippen molar-refractivity contribution in [2.75, 3.05) is 19.6 Å². The lowest BCUT2D eigenvalue weighted by Gasteiger charge is -2.15. The van der Waals surface area contributed by atoms with Crippen LogP contribution in [0, 0.1) is 11.8 Å². The van der Waals surface area contributed by atoms with Crippen LogP contribution in [0.5, 0.6) is 0 Å². The maximum atomic E-state index is 12.4. The lowest BCUT2D eigenvalue weighted by Crippen LogP contribution is -2.30. The molecular weight excluding hydrogens is 326 g/mol. The van der Waals surface area contributed by atoms with Crippen LogP contribution in [0.25, 0.3) is 22.0 Å². The van der Waals surface area contributed by atoms with Crippen LogP contribution < -0.4 is 0 Å². The highest BCUT2D eigenvalue weighted by molar-refractivity contribution is 5.88. The van der Waals surface area contributed by atoms with Gasteiger partial charge in [-0.25, -0.2) is 0 Å². The van der Waals surface area contributed by atoms with Crippen molar-refractivity contribution in [3.63, 3.8) is 0 Å². The van der Waals surface area contributed by atoms with Crippen LogP contribution in [0.3, 0.4) is 0 Å². The fourth-order valence-electron chi connectivity index (χ4n) is 4.05. The van der Waals surface area contributed by atoms with E-state index in [4.69, 9.17) is 0 Å². The summed E-state index contributed by atoms with van der Waals surface area (Å²) in [5.74, 6) is 1.98. The molecule has 5 rings (SSSR count). The monoisotopic (exact) mass is 347 g/mol. The molecule has 0 bridgehead atoms. The highest BCUT2D eigenvalue weighted by Gasteiger charge is 2.45. The quantitative estimate of drug-likeness (QED) is 0.707. The van der Waals surface area contributed by atoms with Crippen molar-refractivity contribution < 1.29 is 4.79 Å². The van der Waals surface area contributed by atoms with E-state index in [0.717, 1.165) is 52.6 Å². The van der Waals surface area contributed by atoms with Crippen molar-refractivity contribution in [3.05, 3.63) is 42.4 Å². The molecule has 132 valence electrons. The van der Waals surface area contributed by atoms with Crippen LogP contribution in [0.4, 0.5) is 0 Å². The molecule has 6 heteroatoms. The topological polar surface area (TPSA) is 63.9 Å². The van der Waals surface area contributed by atoms with Crippen LogP contribution in [0.15, 0.2) is 36.7 Å². The Hall–Kier alpha value is -2.60. The average Bonchev–Trinajstić information content (AvgIpc) is 3.01. The molecule has 26 heavy (non-hydrogen) atoms. The first-order valence-corrected chi connectivity index (χ1v) is 9.13. The van der Waals surface area contributed by atoms with Gasteiger partial charge >= 0.3 is 0 Å². The lowest BCUT2D eigenvalue weighted by atomic mass is 10.0. The molecule has 0 radical (unpaired) electrons. The molecule has 2 aromatic heterocycles.